The van der Waals surface area contributed by atoms with E-state index >= 15 is 0 Å². The molecule has 0 amide bonds. The number of hydrogen-bond donors (Lipinski definition) is 0. The van der Waals surface area contributed by atoms with E-state index in [1.165, 1.54) is 0 Å². The molecule has 0 aliphatic carbocycles. The normalized spacial score (nSPS) is 13.5. The molecule has 4 rings (SSSR count). The molecule has 8 heteroatoms. The van der Waals surface area contributed by atoms with E-state index in [1.807, 2.05) is 34.9 Å². The molecule has 0 radical (unpaired) electrons. The first-order valence-electron chi connectivity index (χ1n) is 8.82. The van der Waals surface area contributed by atoms with Crippen molar-refractivity contribution >= 4 is 21.4 Å². The van der Waals surface area contributed by atoms with Crippen molar-refractivity contribution in [2.75, 3.05) is 13.2 Å². The summed E-state index contributed by atoms with van der Waals surface area (Å²) in [6.07, 6.45) is 3.41. The van der Waals surface area contributed by atoms with E-state index in [1.54, 1.807) is 24.5 Å². The zero-order valence-electron chi connectivity index (χ0n) is 15.0. The Kier molecular flexibility index (Phi) is 5.28. The minimum Gasteiger partial charge on any atom is -0.486 e. The quantitative estimate of drug-likeness (QED) is 0.613. The van der Waals surface area contributed by atoms with Crippen molar-refractivity contribution < 1.29 is 17.9 Å². The van der Waals surface area contributed by atoms with Gasteiger partial charge in [-0.2, -0.15) is 0 Å². The maximum absolute atomic E-state index is 12.8. The van der Waals surface area contributed by atoms with Crippen molar-refractivity contribution in [3.8, 4) is 11.5 Å². The predicted molar refractivity (Wildman–Crippen MR) is 107 cm³/mol. The maximum Gasteiger partial charge on any atom is 0.179 e. The van der Waals surface area contributed by atoms with Crippen LogP contribution in [0.25, 0.3) is 0 Å². The van der Waals surface area contributed by atoms with Crippen LogP contribution in [0.2, 0.25) is 5.02 Å². The molecule has 1 aliphatic heterocycles. The number of rotatable bonds is 6. The largest absolute Gasteiger partial charge is 0.486 e. The number of imidazole rings is 1. The molecule has 146 valence electrons. The Morgan fingerprint density at radius 1 is 1.04 bits per heavy atom. The second-order valence-electron chi connectivity index (χ2n) is 6.59. The van der Waals surface area contributed by atoms with Gasteiger partial charge in [0.25, 0.3) is 0 Å². The fraction of sp³-hybridized carbons (Fsp3) is 0.250. The van der Waals surface area contributed by atoms with Crippen LogP contribution in [0, 0.1) is 0 Å². The lowest BCUT2D eigenvalue weighted by Gasteiger charge is -2.20. The summed E-state index contributed by atoms with van der Waals surface area (Å²) >= 11 is 6.22. The van der Waals surface area contributed by atoms with Gasteiger partial charge in [0.1, 0.15) is 24.8 Å². The van der Waals surface area contributed by atoms with Gasteiger partial charge in [-0.15, -0.1) is 0 Å². The Hall–Kier alpha value is -2.51. The molecule has 0 spiro atoms. The molecule has 0 N–H and O–H groups in total. The topological polar surface area (TPSA) is 70.4 Å². The van der Waals surface area contributed by atoms with Crippen LogP contribution in [0.15, 0.2) is 54.9 Å². The Bertz CT molecular complexity index is 1080. The summed E-state index contributed by atoms with van der Waals surface area (Å²) in [5, 5.41) is 0.355. The van der Waals surface area contributed by atoms with Gasteiger partial charge in [0.05, 0.1) is 10.8 Å². The van der Waals surface area contributed by atoms with E-state index in [0.29, 0.717) is 47.7 Å². The number of benzene rings is 2. The van der Waals surface area contributed by atoms with Gasteiger partial charge in [0, 0.05) is 18.9 Å². The number of ether oxygens (including phenoxy) is 2. The molecular formula is C20H19ClN2O4S. The molecule has 28 heavy (non-hydrogen) atoms. The Labute approximate surface area is 168 Å². The molecule has 1 aliphatic rings. The van der Waals surface area contributed by atoms with Crippen LogP contribution >= 0.6 is 11.6 Å². The summed E-state index contributed by atoms with van der Waals surface area (Å²) in [6.45, 7) is 1.41. The van der Waals surface area contributed by atoms with E-state index in [-0.39, 0.29) is 11.5 Å². The third-order valence-corrected chi connectivity index (χ3v) is 6.14. The van der Waals surface area contributed by atoms with E-state index in [9.17, 15) is 8.42 Å². The zero-order valence-corrected chi connectivity index (χ0v) is 16.6. The van der Waals surface area contributed by atoms with Crippen molar-refractivity contribution in [3.63, 3.8) is 0 Å². The van der Waals surface area contributed by atoms with Crippen LogP contribution < -0.4 is 9.47 Å². The molecule has 0 atom stereocenters. The summed E-state index contributed by atoms with van der Waals surface area (Å²) in [4.78, 5) is 4.24. The number of aromatic nitrogens is 2. The summed E-state index contributed by atoms with van der Waals surface area (Å²) in [5.74, 6) is 1.15. The highest BCUT2D eigenvalue weighted by molar-refractivity contribution is 7.89. The summed E-state index contributed by atoms with van der Waals surface area (Å²) < 4.78 is 38.4. The van der Waals surface area contributed by atoms with Crippen molar-refractivity contribution in [2.24, 2.45) is 0 Å². The third kappa shape index (κ3) is 4.31. The lowest BCUT2D eigenvalue weighted by molar-refractivity contribution is 0.171. The number of nitrogens with zero attached hydrogens (tertiary/aromatic N) is 2. The van der Waals surface area contributed by atoms with Gasteiger partial charge in [0.2, 0.25) is 0 Å². The van der Waals surface area contributed by atoms with Gasteiger partial charge < -0.3 is 14.0 Å². The molecule has 2 aromatic carbocycles. The lowest BCUT2D eigenvalue weighted by atomic mass is 10.2. The maximum atomic E-state index is 12.8. The average Bonchev–Trinajstić information content (AvgIpc) is 3.08. The van der Waals surface area contributed by atoms with Crippen molar-refractivity contribution in [1.29, 1.82) is 0 Å². The van der Waals surface area contributed by atoms with Gasteiger partial charge in [-0.3, -0.25) is 0 Å². The van der Waals surface area contributed by atoms with Gasteiger partial charge >= 0.3 is 0 Å². The number of sulfone groups is 1. The highest BCUT2D eigenvalue weighted by Crippen LogP contribution is 2.38. The first-order chi connectivity index (χ1) is 13.5. The van der Waals surface area contributed by atoms with Crippen LogP contribution in [0.5, 0.6) is 11.5 Å². The highest BCUT2D eigenvalue weighted by atomic mass is 35.5. The number of halogens is 1. The number of fused-ring (bicyclic) bond motifs is 1. The van der Waals surface area contributed by atoms with E-state index in [4.69, 9.17) is 21.1 Å². The minimum atomic E-state index is -3.45. The van der Waals surface area contributed by atoms with Crippen LogP contribution in [-0.4, -0.2) is 31.2 Å². The summed E-state index contributed by atoms with van der Waals surface area (Å²) in [5.41, 5.74) is 1.65. The second-order valence-corrected chi connectivity index (χ2v) is 9.06. The standard InChI is InChI=1S/C20H19ClN2O4S/c21-17-10-16(11-18-20(17)27-9-8-26-18)13-28(24,25)14-19-22-6-7-23(19)12-15-4-2-1-3-5-15/h1-7,10-11H,8-9,12-14H2. The molecule has 0 bridgehead atoms. The van der Waals surface area contributed by atoms with Gasteiger partial charge in [-0.05, 0) is 23.3 Å². The third-order valence-electron chi connectivity index (χ3n) is 4.39. The average molecular weight is 419 g/mol. The molecule has 2 heterocycles. The molecule has 0 fully saturated rings. The molecule has 6 nitrogen and oxygen atoms in total. The fourth-order valence-electron chi connectivity index (χ4n) is 3.15. The van der Waals surface area contributed by atoms with Crippen LogP contribution in [0.4, 0.5) is 0 Å². The van der Waals surface area contributed by atoms with Crippen molar-refractivity contribution in [1.82, 2.24) is 9.55 Å². The van der Waals surface area contributed by atoms with Crippen LogP contribution in [0.3, 0.4) is 0 Å². The van der Waals surface area contributed by atoms with Crippen LogP contribution in [-0.2, 0) is 27.9 Å². The molecule has 1 aromatic heterocycles. The fourth-order valence-corrected chi connectivity index (χ4v) is 4.85. The second kappa shape index (κ2) is 7.85. The first kappa shape index (κ1) is 18.8. The first-order valence-corrected chi connectivity index (χ1v) is 11.0. The minimum absolute atomic E-state index is 0.151. The van der Waals surface area contributed by atoms with E-state index < -0.39 is 9.84 Å². The molecule has 0 saturated carbocycles. The monoisotopic (exact) mass is 418 g/mol. The van der Waals surface area contributed by atoms with Crippen molar-refractivity contribution in [2.45, 2.75) is 18.1 Å². The van der Waals surface area contributed by atoms with Gasteiger partial charge in [-0.1, -0.05) is 41.9 Å². The van der Waals surface area contributed by atoms with E-state index in [0.717, 1.165) is 5.56 Å². The SMILES string of the molecule is O=S(=O)(Cc1cc(Cl)c2c(c1)OCCO2)Cc1nccn1Cc1ccccc1. The van der Waals surface area contributed by atoms with Crippen molar-refractivity contribution in [3.05, 3.63) is 76.8 Å². The molecule has 0 unspecified atom stereocenters. The molecule has 0 saturated heterocycles. The van der Waals surface area contributed by atoms with E-state index in [2.05, 4.69) is 4.98 Å². The Morgan fingerprint density at radius 3 is 2.64 bits per heavy atom. The van der Waals surface area contributed by atoms with Gasteiger partial charge in [0.15, 0.2) is 21.3 Å². The number of hydrogen-bond acceptors (Lipinski definition) is 5. The molecular weight excluding hydrogens is 400 g/mol. The Balaban J connectivity index is 1.51. The van der Waals surface area contributed by atoms with Crippen LogP contribution in [0.1, 0.15) is 17.0 Å². The summed E-state index contributed by atoms with van der Waals surface area (Å²) in [7, 11) is -3.45. The Morgan fingerprint density at radius 2 is 1.82 bits per heavy atom. The zero-order chi connectivity index (χ0) is 19.6. The highest BCUT2D eigenvalue weighted by Gasteiger charge is 2.21. The predicted octanol–water partition coefficient (Wildman–Crippen LogP) is 3.47. The lowest BCUT2D eigenvalue weighted by Crippen LogP contribution is -2.17. The molecule has 3 aromatic rings. The summed E-state index contributed by atoms with van der Waals surface area (Å²) in [6, 6.07) is 13.1. The van der Waals surface area contributed by atoms with Gasteiger partial charge in [-0.25, -0.2) is 13.4 Å². The smallest absolute Gasteiger partial charge is 0.179 e.